The van der Waals surface area contributed by atoms with Gasteiger partial charge < -0.3 is 10.0 Å². The summed E-state index contributed by atoms with van der Waals surface area (Å²) in [5.74, 6) is 0.257. The normalized spacial score (nSPS) is 19.0. The van der Waals surface area contributed by atoms with Crippen LogP contribution >= 0.6 is 0 Å². The molecule has 1 aliphatic rings. The molecule has 0 saturated heterocycles. The van der Waals surface area contributed by atoms with Gasteiger partial charge in [-0.2, -0.15) is 0 Å². The first kappa shape index (κ1) is 21.7. The van der Waals surface area contributed by atoms with Crippen LogP contribution in [0.5, 0.6) is 0 Å². The predicted octanol–water partition coefficient (Wildman–Crippen LogP) is 5.18. The van der Waals surface area contributed by atoms with Gasteiger partial charge in [-0.25, -0.2) is 0 Å². The first-order chi connectivity index (χ1) is 11.9. The van der Waals surface area contributed by atoms with Gasteiger partial charge in [0.2, 0.25) is 0 Å². The van der Waals surface area contributed by atoms with Crippen molar-refractivity contribution in [2.45, 2.75) is 97.4 Å². The molecule has 1 amide bonds. The molecule has 4 heteroatoms. The Morgan fingerprint density at radius 2 is 1.60 bits per heavy atom. The average molecular weight is 352 g/mol. The Morgan fingerprint density at radius 1 is 1.08 bits per heavy atom. The van der Waals surface area contributed by atoms with E-state index < -0.39 is 0 Å². The van der Waals surface area contributed by atoms with Crippen molar-refractivity contribution in [3.63, 3.8) is 0 Å². The van der Waals surface area contributed by atoms with Gasteiger partial charge in [-0.3, -0.25) is 9.59 Å². The molecule has 25 heavy (non-hydrogen) atoms. The quantitative estimate of drug-likeness (QED) is 0.367. The summed E-state index contributed by atoms with van der Waals surface area (Å²) in [7, 11) is 1.62. The van der Waals surface area contributed by atoms with Crippen LogP contribution in [0.3, 0.4) is 0 Å². The Hall–Kier alpha value is -1.32. The lowest BCUT2D eigenvalue weighted by Gasteiger charge is -2.14. The second-order valence-electron chi connectivity index (χ2n) is 7.66. The van der Waals surface area contributed by atoms with E-state index in [0.29, 0.717) is 6.42 Å². The molecular weight excluding hydrogens is 314 g/mol. The van der Waals surface area contributed by atoms with Crippen molar-refractivity contribution in [1.82, 2.24) is 4.90 Å². The molecule has 1 N–H and O–H groups in total. The standard InChI is InChI=1S/C21H37NO3/c1-5-16(2)14-12-10-8-6-7-9-11-13-15-18(23)19-20(24)17(3)22(4)21(19)25/h16-17,24H,5-15H2,1-4H3. The smallest absolute Gasteiger partial charge is 0.261 e. The lowest BCUT2D eigenvalue weighted by atomic mass is 9.99. The van der Waals surface area contributed by atoms with Gasteiger partial charge in [-0.05, 0) is 19.3 Å². The highest BCUT2D eigenvalue weighted by Crippen LogP contribution is 2.24. The molecule has 0 fully saturated rings. The maximum absolute atomic E-state index is 12.2. The summed E-state index contributed by atoms with van der Waals surface area (Å²) in [4.78, 5) is 25.6. The van der Waals surface area contributed by atoms with Gasteiger partial charge in [-0.15, -0.1) is 0 Å². The molecular formula is C21H37NO3. The zero-order chi connectivity index (χ0) is 18.8. The van der Waals surface area contributed by atoms with E-state index in [2.05, 4.69) is 13.8 Å². The van der Waals surface area contributed by atoms with Crippen LogP contribution < -0.4 is 0 Å². The highest BCUT2D eigenvalue weighted by atomic mass is 16.3. The molecule has 0 aromatic heterocycles. The van der Waals surface area contributed by atoms with Crippen LogP contribution in [0.25, 0.3) is 0 Å². The Morgan fingerprint density at radius 3 is 2.08 bits per heavy atom. The number of hydrogen-bond acceptors (Lipinski definition) is 3. The Bertz CT molecular complexity index is 470. The van der Waals surface area contributed by atoms with E-state index in [1.54, 1.807) is 14.0 Å². The van der Waals surface area contributed by atoms with Crippen LogP contribution in [0.2, 0.25) is 0 Å². The maximum atomic E-state index is 12.2. The number of unbranched alkanes of at least 4 members (excludes halogenated alkanes) is 7. The van der Waals surface area contributed by atoms with Gasteiger partial charge in [0, 0.05) is 13.5 Å². The zero-order valence-electron chi connectivity index (χ0n) is 16.6. The molecule has 1 rings (SSSR count). The molecule has 144 valence electrons. The number of rotatable bonds is 13. The highest BCUT2D eigenvalue weighted by Gasteiger charge is 2.37. The Kier molecular flexibility index (Phi) is 9.84. The van der Waals surface area contributed by atoms with E-state index in [1.165, 1.54) is 49.8 Å². The molecule has 2 atom stereocenters. The van der Waals surface area contributed by atoms with Gasteiger partial charge in [0.15, 0.2) is 5.78 Å². The van der Waals surface area contributed by atoms with E-state index in [-0.39, 0.29) is 29.1 Å². The summed E-state index contributed by atoms with van der Waals surface area (Å²) in [5.41, 5.74) is 0.0105. The largest absolute Gasteiger partial charge is 0.509 e. The average Bonchev–Trinajstić information content (AvgIpc) is 2.79. The van der Waals surface area contributed by atoms with Crippen molar-refractivity contribution >= 4 is 11.7 Å². The van der Waals surface area contributed by atoms with Crippen molar-refractivity contribution in [3.8, 4) is 0 Å². The van der Waals surface area contributed by atoms with Gasteiger partial charge >= 0.3 is 0 Å². The molecule has 0 spiro atoms. The molecule has 0 aromatic rings. The highest BCUT2D eigenvalue weighted by molar-refractivity contribution is 6.21. The SMILES string of the molecule is CCC(C)CCCCCCCCCCC(=O)C1=C(O)C(C)N(C)C1=O. The van der Waals surface area contributed by atoms with E-state index in [1.807, 2.05) is 0 Å². The second-order valence-corrected chi connectivity index (χ2v) is 7.66. The van der Waals surface area contributed by atoms with E-state index >= 15 is 0 Å². The van der Waals surface area contributed by atoms with Crippen molar-refractivity contribution in [2.75, 3.05) is 7.05 Å². The lowest BCUT2D eigenvalue weighted by molar-refractivity contribution is -0.128. The first-order valence-corrected chi connectivity index (χ1v) is 10.1. The third kappa shape index (κ3) is 6.83. The molecule has 1 aliphatic heterocycles. The van der Waals surface area contributed by atoms with Gasteiger partial charge in [0.05, 0.1) is 6.04 Å². The number of amides is 1. The summed E-state index contributed by atoms with van der Waals surface area (Å²) >= 11 is 0. The molecule has 0 saturated carbocycles. The fraction of sp³-hybridized carbons (Fsp3) is 0.810. The minimum absolute atomic E-state index is 0.0105. The van der Waals surface area contributed by atoms with Crippen molar-refractivity contribution in [3.05, 3.63) is 11.3 Å². The number of carbonyl (C=O) groups is 2. The van der Waals surface area contributed by atoms with Crippen LogP contribution in [0, 0.1) is 5.92 Å². The predicted molar refractivity (Wildman–Crippen MR) is 103 cm³/mol. The number of aliphatic hydroxyl groups excluding tert-OH is 1. The zero-order valence-corrected chi connectivity index (χ0v) is 16.6. The summed E-state index contributed by atoms with van der Waals surface area (Å²) in [6, 6.07) is -0.383. The number of likely N-dealkylation sites (N-methyl/N-ethyl adjacent to an activating group) is 1. The van der Waals surface area contributed by atoms with Crippen LogP contribution in [-0.2, 0) is 9.59 Å². The number of carbonyl (C=O) groups excluding carboxylic acids is 2. The topological polar surface area (TPSA) is 57.6 Å². The van der Waals surface area contributed by atoms with Gasteiger partial charge in [0.1, 0.15) is 11.3 Å². The van der Waals surface area contributed by atoms with Crippen LogP contribution in [0.15, 0.2) is 11.3 Å². The molecule has 0 bridgehead atoms. The monoisotopic (exact) mass is 351 g/mol. The number of Topliss-reactive ketones (excluding diaryl/α,β-unsaturated/α-hetero) is 1. The summed E-state index contributed by atoms with van der Waals surface area (Å²) in [6.45, 7) is 6.32. The van der Waals surface area contributed by atoms with Gasteiger partial charge in [0.25, 0.3) is 5.91 Å². The molecule has 0 radical (unpaired) electrons. The minimum atomic E-state index is -0.383. The summed E-state index contributed by atoms with van der Waals surface area (Å²) in [6.07, 6.45) is 12.5. The molecule has 0 aliphatic carbocycles. The van der Waals surface area contributed by atoms with E-state index in [9.17, 15) is 14.7 Å². The van der Waals surface area contributed by atoms with Crippen LogP contribution in [-0.4, -0.2) is 34.8 Å². The number of hydrogen-bond donors (Lipinski definition) is 1. The molecule has 2 unspecified atom stereocenters. The van der Waals surface area contributed by atoms with Crippen LogP contribution in [0.4, 0.5) is 0 Å². The number of aliphatic hydroxyl groups is 1. The van der Waals surface area contributed by atoms with E-state index in [0.717, 1.165) is 25.2 Å². The lowest BCUT2D eigenvalue weighted by Crippen LogP contribution is -2.30. The second kappa shape index (κ2) is 11.3. The Balaban J connectivity index is 2.07. The summed E-state index contributed by atoms with van der Waals surface area (Å²) in [5, 5.41) is 9.96. The fourth-order valence-corrected chi connectivity index (χ4v) is 3.28. The maximum Gasteiger partial charge on any atom is 0.261 e. The van der Waals surface area contributed by atoms with E-state index in [4.69, 9.17) is 0 Å². The van der Waals surface area contributed by atoms with Crippen molar-refractivity contribution in [1.29, 1.82) is 0 Å². The molecule has 4 nitrogen and oxygen atoms in total. The van der Waals surface area contributed by atoms with Crippen molar-refractivity contribution < 1.29 is 14.7 Å². The fourth-order valence-electron chi connectivity index (χ4n) is 3.28. The van der Waals surface area contributed by atoms with Crippen LogP contribution in [0.1, 0.15) is 91.4 Å². The third-order valence-electron chi connectivity index (χ3n) is 5.59. The van der Waals surface area contributed by atoms with Gasteiger partial charge in [-0.1, -0.05) is 71.6 Å². The number of ketones is 1. The Labute approximate surface area is 153 Å². The molecule has 0 aromatic carbocycles. The first-order valence-electron chi connectivity index (χ1n) is 10.1. The summed E-state index contributed by atoms with van der Waals surface area (Å²) < 4.78 is 0. The minimum Gasteiger partial charge on any atom is -0.509 e. The number of nitrogens with zero attached hydrogens (tertiary/aromatic N) is 1. The molecule has 1 heterocycles. The van der Waals surface area contributed by atoms with Crippen molar-refractivity contribution in [2.24, 2.45) is 5.92 Å². The third-order valence-corrected chi connectivity index (χ3v) is 5.59.